The summed E-state index contributed by atoms with van der Waals surface area (Å²) >= 11 is 0. The van der Waals surface area contributed by atoms with E-state index in [9.17, 15) is 19.2 Å². The fourth-order valence-corrected chi connectivity index (χ4v) is 2.02. The largest absolute Gasteiger partial charge is 0.480 e. The zero-order chi connectivity index (χ0) is 15.8. The van der Waals surface area contributed by atoms with E-state index in [0.717, 1.165) is 19.3 Å². The number of aliphatic carboxylic acids is 1. The molecule has 0 aromatic rings. The smallest absolute Gasteiger partial charge is 0.326 e. The Labute approximate surface area is 121 Å². The number of hydrogen-bond donors (Lipinski definition) is 4. The van der Waals surface area contributed by atoms with Crippen LogP contribution in [0.3, 0.4) is 0 Å². The van der Waals surface area contributed by atoms with Crippen LogP contribution in [0.25, 0.3) is 0 Å². The topological polar surface area (TPSA) is 142 Å². The monoisotopic (exact) mass is 300 g/mol. The second-order valence-corrected chi connectivity index (χ2v) is 4.83. The molecule has 1 rings (SSSR count). The van der Waals surface area contributed by atoms with Gasteiger partial charge < -0.3 is 26.4 Å². The standard InChI is InChI=1S/C12H20N4O5/c13-9(17)6-8(11(19)20)15-12(21)14-7-10(18)16-4-2-1-3-5-16/h8H,1-7H2,(H2,13,17)(H,19,20)(H2,14,15,21). The SMILES string of the molecule is NC(=O)CC(NC(=O)NCC(=O)N1CCCCC1)C(=O)O. The number of amides is 4. The Balaban J connectivity index is 2.36. The van der Waals surface area contributed by atoms with E-state index in [1.807, 2.05) is 0 Å². The summed E-state index contributed by atoms with van der Waals surface area (Å²) in [5, 5.41) is 13.2. The van der Waals surface area contributed by atoms with E-state index < -0.39 is 30.4 Å². The minimum Gasteiger partial charge on any atom is -0.480 e. The highest BCUT2D eigenvalue weighted by molar-refractivity contribution is 5.89. The third-order valence-corrected chi connectivity index (χ3v) is 3.12. The molecule has 21 heavy (non-hydrogen) atoms. The number of carbonyl (C=O) groups excluding carboxylic acids is 3. The molecule has 9 heteroatoms. The first-order valence-corrected chi connectivity index (χ1v) is 6.73. The third-order valence-electron chi connectivity index (χ3n) is 3.12. The third kappa shape index (κ3) is 6.11. The van der Waals surface area contributed by atoms with Crippen LogP contribution in [0, 0.1) is 0 Å². The molecule has 1 aliphatic rings. The minimum atomic E-state index is -1.41. The maximum absolute atomic E-state index is 11.8. The van der Waals surface area contributed by atoms with Gasteiger partial charge in [0.2, 0.25) is 11.8 Å². The number of carboxylic acid groups (broad SMARTS) is 1. The highest BCUT2D eigenvalue weighted by atomic mass is 16.4. The van der Waals surface area contributed by atoms with E-state index in [1.54, 1.807) is 4.90 Å². The summed E-state index contributed by atoms with van der Waals surface area (Å²) in [6.07, 6.45) is 2.46. The highest BCUT2D eigenvalue weighted by Crippen LogP contribution is 2.08. The summed E-state index contributed by atoms with van der Waals surface area (Å²) in [5.41, 5.74) is 4.89. The maximum Gasteiger partial charge on any atom is 0.326 e. The van der Waals surface area contributed by atoms with Gasteiger partial charge in [0.1, 0.15) is 6.04 Å². The lowest BCUT2D eigenvalue weighted by Gasteiger charge is -2.26. The molecule has 118 valence electrons. The van der Waals surface area contributed by atoms with Crippen molar-refractivity contribution in [1.82, 2.24) is 15.5 Å². The fraction of sp³-hybridized carbons (Fsp3) is 0.667. The quantitative estimate of drug-likeness (QED) is 0.478. The summed E-state index contributed by atoms with van der Waals surface area (Å²) in [5.74, 6) is -2.43. The molecule has 1 heterocycles. The molecule has 1 unspecified atom stereocenters. The van der Waals surface area contributed by atoms with Crippen LogP contribution >= 0.6 is 0 Å². The first-order chi connectivity index (χ1) is 9.90. The molecule has 0 bridgehead atoms. The Bertz CT molecular complexity index is 420. The number of carboxylic acids is 1. The Morgan fingerprint density at radius 2 is 1.76 bits per heavy atom. The lowest BCUT2D eigenvalue weighted by atomic mass is 10.1. The first-order valence-electron chi connectivity index (χ1n) is 6.73. The summed E-state index contributed by atoms with van der Waals surface area (Å²) in [6.45, 7) is 1.12. The van der Waals surface area contributed by atoms with E-state index in [0.29, 0.717) is 13.1 Å². The number of nitrogens with two attached hydrogens (primary N) is 1. The first kappa shape index (κ1) is 16.7. The predicted octanol–water partition coefficient (Wildman–Crippen LogP) is -1.37. The second-order valence-electron chi connectivity index (χ2n) is 4.83. The van der Waals surface area contributed by atoms with Crippen LogP contribution < -0.4 is 16.4 Å². The van der Waals surface area contributed by atoms with Gasteiger partial charge in [-0.2, -0.15) is 0 Å². The van der Waals surface area contributed by atoms with Crippen LogP contribution in [0.15, 0.2) is 0 Å². The van der Waals surface area contributed by atoms with Gasteiger partial charge in [-0.3, -0.25) is 9.59 Å². The Kier molecular flexibility index (Phi) is 6.44. The summed E-state index contributed by atoms with van der Waals surface area (Å²) < 4.78 is 0. The van der Waals surface area contributed by atoms with Crippen molar-refractivity contribution in [2.75, 3.05) is 19.6 Å². The van der Waals surface area contributed by atoms with Gasteiger partial charge >= 0.3 is 12.0 Å². The fourth-order valence-electron chi connectivity index (χ4n) is 2.02. The molecule has 0 radical (unpaired) electrons. The molecule has 0 spiro atoms. The van der Waals surface area contributed by atoms with Crippen LogP contribution in [0.5, 0.6) is 0 Å². The van der Waals surface area contributed by atoms with E-state index in [2.05, 4.69) is 10.6 Å². The Morgan fingerprint density at radius 3 is 2.29 bits per heavy atom. The molecule has 1 atom stereocenters. The van der Waals surface area contributed by atoms with Crippen LogP contribution in [-0.4, -0.2) is 59.5 Å². The van der Waals surface area contributed by atoms with E-state index in [4.69, 9.17) is 10.8 Å². The molecule has 1 saturated heterocycles. The number of piperidine rings is 1. The summed E-state index contributed by atoms with van der Waals surface area (Å²) in [7, 11) is 0. The van der Waals surface area contributed by atoms with Crippen molar-refractivity contribution in [3.63, 3.8) is 0 Å². The number of carbonyl (C=O) groups is 4. The normalized spacial score (nSPS) is 15.9. The molecule has 5 N–H and O–H groups in total. The highest BCUT2D eigenvalue weighted by Gasteiger charge is 2.23. The van der Waals surface area contributed by atoms with Gasteiger partial charge in [-0.1, -0.05) is 0 Å². The van der Waals surface area contributed by atoms with Gasteiger partial charge in [-0.25, -0.2) is 9.59 Å². The number of primary amides is 1. The van der Waals surface area contributed by atoms with Gasteiger partial charge in [0.15, 0.2) is 0 Å². The average molecular weight is 300 g/mol. The Hall–Kier alpha value is -2.32. The van der Waals surface area contributed by atoms with Crippen molar-refractivity contribution in [3.05, 3.63) is 0 Å². The van der Waals surface area contributed by atoms with E-state index in [1.165, 1.54) is 0 Å². The molecule has 0 saturated carbocycles. The second kappa shape index (κ2) is 8.08. The van der Waals surface area contributed by atoms with Gasteiger partial charge in [-0.15, -0.1) is 0 Å². The number of nitrogens with one attached hydrogen (secondary N) is 2. The van der Waals surface area contributed by atoms with Gasteiger partial charge in [0.05, 0.1) is 13.0 Å². The molecule has 0 aromatic heterocycles. The lowest BCUT2D eigenvalue weighted by Crippen LogP contribution is -2.50. The predicted molar refractivity (Wildman–Crippen MR) is 72.2 cm³/mol. The van der Waals surface area contributed by atoms with Crippen molar-refractivity contribution in [2.45, 2.75) is 31.7 Å². The van der Waals surface area contributed by atoms with Gasteiger partial charge in [0.25, 0.3) is 0 Å². The number of rotatable bonds is 6. The number of hydrogen-bond acceptors (Lipinski definition) is 4. The average Bonchev–Trinajstić information content (AvgIpc) is 2.44. The van der Waals surface area contributed by atoms with Crippen molar-refractivity contribution in [1.29, 1.82) is 0 Å². The molecular formula is C12H20N4O5. The molecule has 1 aliphatic heterocycles. The van der Waals surface area contributed by atoms with Crippen LogP contribution in [0.4, 0.5) is 4.79 Å². The van der Waals surface area contributed by atoms with Gasteiger partial charge in [0, 0.05) is 13.1 Å². The number of likely N-dealkylation sites (tertiary alicyclic amines) is 1. The zero-order valence-corrected chi connectivity index (χ0v) is 11.6. The molecule has 9 nitrogen and oxygen atoms in total. The van der Waals surface area contributed by atoms with Crippen LogP contribution in [0.1, 0.15) is 25.7 Å². The molecule has 4 amide bonds. The summed E-state index contributed by atoms with van der Waals surface area (Å²) in [6, 6.07) is -2.23. The van der Waals surface area contributed by atoms with E-state index >= 15 is 0 Å². The number of urea groups is 1. The summed E-state index contributed by atoms with van der Waals surface area (Å²) in [4.78, 5) is 46.5. The van der Waals surface area contributed by atoms with Crippen molar-refractivity contribution >= 4 is 23.8 Å². The Morgan fingerprint density at radius 1 is 1.14 bits per heavy atom. The van der Waals surface area contributed by atoms with E-state index in [-0.39, 0.29) is 12.5 Å². The van der Waals surface area contributed by atoms with Crippen molar-refractivity contribution < 1.29 is 24.3 Å². The lowest BCUT2D eigenvalue weighted by molar-refractivity contribution is -0.140. The maximum atomic E-state index is 11.8. The van der Waals surface area contributed by atoms with Crippen molar-refractivity contribution in [2.24, 2.45) is 5.73 Å². The van der Waals surface area contributed by atoms with Crippen LogP contribution in [-0.2, 0) is 14.4 Å². The molecule has 0 aliphatic carbocycles. The van der Waals surface area contributed by atoms with Crippen molar-refractivity contribution in [3.8, 4) is 0 Å². The van der Waals surface area contributed by atoms with Gasteiger partial charge in [-0.05, 0) is 19.3 Å². The molecular weight excluding hydrogens is 280 g/mol. The molecule has 0 aromatic carbocycles. The zero-order valence-electron chi connectivity index (χ0n) is 11.6. The molecule has 1 fully saturated rings. The van der Waals surface area contributed by atoms with Crippen LogP contribution in [0.2, 0.25) is 0 Å². The number of nitrogens with zero attached hydrogens (tertiary/aromatic N) is 1. The minimum absolute atomic E-state index is 0.214.